The van der Waals surface area contributed by atoms with Gasteiger partial charge in [0.25, 0.3) is 0 Å². The molecule has 0 saturated carbocycles. The molecule has 1 aromatic carbocycles. The first-order chi connectivity index (χ1) is 9.53. The van der Waals surface area contributed by atoms with Crippen molar-refractivity contribution in [1.29, 1.82) is 0 Å². The van der Waals surface area contributed by atoms with E-state index in [0.29, 0.717) is 12.2 Å². The highest BCUT2D eigenvalue weighted by molar-refractivity contribution is 7.89. The molecule has 0 amide bonds. The number of aromatic nitrogens is 2. The molecule has 0 fully saturated rings. The zero-order valence-corrected chi connectivity index (χ0v) is 12.4. The molecule has 2 rings (SSSR count). The lowest BCUT2D eigenvalue weighted by Gasteiger charge is -2.09. The van der Waals surface area contributed by atoms with Crippen LogP contribution in [0, 0.1) is 0 Å². The first-order valence-corrected chi connectivity index (χ1v) is 7.79. The van der Waals surface area contributed by atoms with Crippen molar-refractivity contribution in [1.82, 2.24) is 20.0 Å². The molecule has 20 heavy (non-hydrogen) atoms. The molecule has 0 atom stereocenters. The molecule has 0 saturated heterocycles. The minimum atomic E-state index is -3.67. The predicted octanol–water partition coefficient (Wildman–Crippen LogP) is 1.26. The number of H-pyrrole nitrogens is 1. The van der Waals surface area contributed by atoms with Crippen molar-refractivity contribution >= 4 is 21.6 Å². The SMILES string of the molecule is CNCc1ccc(Cl)c(S(=O)(=O)NCc2cnc[nH]2)c1. The van der Waals surface area contributed by atoms with Gasteiger partial charge in [0.1, 0.15) is 4.90 Å². The first kappa shape index (κ1) is 15.0. The van der Waals surface area contributed by atoms with Crippen molar-refractivity contribution in [3.63, 3.8) is 0 Å². The third kappa shape index (κ3) is 3.57. The van der Waals surface area contributed by atoms with Gasteiger partial charge in [-0.1, -0.05) is 17.7 Å². The zero-order valence-electron chi connectivity index (χ0n) is 10.9. The number of hydrogen-bond acceptors (Lipinski definition) is 4. The van der Waals surface area contributed by atoms with Gasteiger partial charge in [-0.2, -0.15) is 0 Å². The van der Waals surface area contributed by atoms with Gasteiger partial charge < -0.3 is 10.3 Å². The van der Waals surface area contributed by atoms with Crippen molar-refractivity contribution in [2.24, 2.45) is 0 Å². The van der Waals surface area contributed by atoms with E-state index in [4.69, 9.17) is 11.6 Å². The summed E-state index contributed by atoms with van der Waals surface area (Å²) < 4.78 is 27.0. The molecule has 0 bridgehead atoms. The van der Waals surface area contributed by atoms with E-state index in [1.807, 2.05) is 0 Å². The number of halogens is 1. The van der Waals surface area contributed by atoms with Crippen LogP contribution >= 0.6 is 11.6 Å². The Labute approximate surface area is 122 Å². The smallest absolute Gasteiger partial charge is 0.242 e. The van der Waals surface area contributed by atoms with Gasteiger partial charge in [0.15, 0.2) is 0 Å². The summed E-state index contributed by atoms with van der Waals surface area (Å²) in [7, 11) is -1.87. The van der Waals surface area contributed by atoms with Crippen LogP contribution in [-0.2, 0) is 23.1 Å². The number of nitrogens with one attached hydrogen (secondary N) is 3. The average Bonchev–Trinajstić information content (AvgIpc) is 2.92. The molecule has 0 aliphatic rings. The summed E-state index contributed by atoms with van der Waals surface area (Å²) in [6.07, 6.45) is 3.05. The second-order valence-electron chi connectivity index (χ2n) is 4.20. The number of sulfonamides is 1. The van der Waals surface area contributed by atoms with E-state index in [9.17, 15) is 8.42 Å². The molecule has 8 heteroatoms. The average molecular weight is 315 g/mol. The quantitative estimate of drug-likeness (QED) is 0.749. The number of rotatable bonds is 6. The Hall–Kier alpha value is -1.41. The van der Waals surface area contributed by atoms with Gasteiger partial charge in [-0.15, -0.1) is 0 Å². The molecule has 1 heterocycles. The van der Waals surface area contributed by atoms with Gasteiger partial charge in [0, 0.05) is 18.4 Å². The van der Waals surface area contributed by atoms with E-state index in [2.05, 4.69) is 20.0 Å². The van der Waals surface area contributed by atoms with Crippen LogP contribution in [0.5, 0.6) is 0 Å². The fraction of sp³-hybridized carbons (Fsp3) is 0.250. The molecule has 3 N–H and O–H groups in total. The number of aromatic amines is 1. The van der Waals surface area contributed by atoms with Crippen LogP contribution in [0.25, 0.3) is 0 Å². The number of nitrogens with zero attached hydrogens (tertiary/aromatic N) is 1. The normalized spacial score (nSPS) is 11.7. The van der Waals surface area contributed by atoms with E-state index in [1.54, 1.807) is 31.4 Å². The van der Waals surface area contributed by atoms with Crippen molar-refractivity contribution in [2.75, 3.05) is 7.05 Å². The van der Waals surface area contributed by atoms with E-state index in [-0.39, 0.29) is 16.5 Å². The van der Waals surface area contributed by atoms with E-state index in [1.165, 1.54) is 6.33 Å². The van der Waals surface area contributed by atoms with Crippen LogP contribution in [0.1, 0.15) is 11.3 Å². The maximum Gasteiger partial charge on any atom is 0.242 e. The Morgan fingerprint density at radius 2 is 2.15 bits per heavy atom. The van der Waals surface area contributed by atoms with Crippen molar-refractivity contribution in [3.8, 4) is 0 Å². The molecule has 0 aliphatic heterocycles. The molecule has 108 valence electrons. The van der Waals surface area contributed by atoms with E-state index < -0.39 is 10.0 Å². The Balaban J connectivity index is 2.21. The summed E-state index contributed by atoms with van der Waals surface area (Å²) >= 11 is 5.98. The van der Waals surface area contributed by atoms with Crippen LogP contribution in [-0.4, -0.2) is 25.4 Å². The van der Waals surface area contributed by atoms with Gasteiger partial charge in [-0.25, -0.2) is 18.1 Å². The van der Waals surface area contributed by atoms with Gasteiger partial charge >= 0.3 is 0 Å². The fourth-order valence-corrected chi connectivity index (χ4v) is 3.25. The highest BCUT2D eigenvalue weighted by Crippen LogP contribution is 2.22. The third-order valence-electron chi connectivity index (χ3n) is 2.67. The topological polar surface area (TPSA) is 86.9 Å². The maximum atomic E-state index is 12.3. The molecular formula is C12H15ClN4O2S. The summed E-state index contributed by atoms with van der Waals surface area (Å²) in [6, 6.07) is 4.93. The molecule has 0 aliphatic carbocycles. The van der Waals surface area contributed by atoms with Crippen LogP contribution in [0.4, 0.5) is 0 Å². The molecule has 0 unspecified atom stereocenters. The van der Waals surface area contributed by atoms with Gasteiger partial charge in [0.05, 0.1) is 17.9 Å². The largest absolute Gasteiger partial charge is 0.347 e. The van der Waals surface area contributed by atoms with Gasteiger partial charge in [-0.05, 0) is 24.7 Å². The van der Waals surface area contributed by atoms with Crippen molar-refractivity contribution in [2.45, 2.75) is 18.0 Å². The molecule has 2 aromatic rings. The van der Waals surface area contributed by atoms with Crippen LogP contribution in [0.3, 0.4) is 0 Å². The summed E-state index contributed by atoms with van der Waals surface area (Å²) in [5.41, 5.74) is 1.52. The summed E-state index contributed by atoms with van der Waals surface area (Å²) in [5.74, 6) is 0. The van der Waals surface area contributed by atoms with Gasteiger partial charge in [0.2, 0.25) is 10.0 Å². The van der Waals surface area contributed by atoms with Gasteiger partial charge in [-0.3, -0.25) is 0 Å². The van der Waals surface area contributed by atoms with E-state index >= 15 is 0 Å². The minimum absolute atomic E-state index is 0.0754. The summed E-state index contributed by atoms with van der Waals surface area (Å²) in [4.78, 5) is 6.73. The highest BCUT2D eigenvalue weighted by atomic mass is 35.5. The van der Waals surface area contributed by atoms with Crippen molar-refractivity contribution in [3.05, 3.63) is 47.0 Å². The summed E-state index contributed by atoms with van der Waals surface area (Å²) in [5, 5.41) is 3.16. The number of imidazole rings is 1. The third-order valence-corrected chi connectivity index (χ3v) is 4.56. The highest BCUT2D eigenvalue weighted by Gasteiger charge is 2.18. The number of hydrogen-bond donors (Lipinski definition) is 3. The lowest BCUT2D eigenvalue weighted by molar-refractivity contribution is 0.580. The molecule has 0 radical (unpaired) electrons. The van der Waals surface area contributed by atoms with Crippen LogP contribution in [0.15, 0.2) is 35.6 Å². The van der Waals surface area contributed by atoms with Crippen LogP contribution < -0.4 is 10.0 Å². The van der Waals surface area contributed by atoms with Crippen LogP contribution in [0.2, 0.25) is 5.02 Å². The van der Waals surface area contributed by atoms with Crippen molar-refractivity contribution < 1.29 is 8.42 Å². The monoisotopic (exact) mass is 314 g/mol. The number of benzene rings is 1. The molecule has 0 spiro atoms. The molecule has 6 nitrogen and oxygen atoms in total. The first-order valence-electron chi connectivity index (χ1n) is 5.93. The molecule has 1 aromatic heterocycles. The predicted molar refractivity (Wildman–Crippen MR) is 76.8 cm³/mol. The Morgan fingerprint density at radius 1 is 1.35 bits per heavy atom. The maximum absolute atomic E-state index is 12.3. The molecular weight excluding hydrogens is 300 g/mol. The fourth-order valence-electron chi connectivity index (χ4n) is 1.70. The minimum Gasteiger partial charge on any atom is -0.347 e. The Bertz CT molecular complexity index is 671. The zero-order chi connectivity index (χ0) is 14.6. The second-order valence-corrected chi connectivity index (χ2v) is 6.34. The van der Waals surface area contributed by atoms with E-state index in [0.717, 1.165) is 5.56 Å². The summed E-state index contributed by atoms with van der Waals surface area (Å²) in [6.45, 7) is 0.704. The Kier molecular flexibility index (Phi) is 4.77. The standard InChI is InChI=1S/C12H15ClN4O2S/c1-14-5-9-2-3-11(13)12(4-9)20(18,19)17-7-10-6-15-8-16-10/h2-4,6,8,14,17H,5,7H2,1H3,(H,15,16). The second kappa shape index (κ2) is 6.36. The lowest BCUT2D eigenvalue weighted by Crippen LogP contribution is -2.24. The lowest BCUT2D eigenvalue weighted by atomic mass is 10.2. The Morgan fingerprint density at radius 3 is 2.80 bits per heavy atom.